The molecule has 2 aromatic heterocycles. The number of fused-ring (bicyclic) bond motifs is 1. The van der Waals surface area contributed by atoms with Gasteiger partial charge in [0.05, 0.1) is 29.5 Å². The lowest BCUT2D eigenvalue weighted by atomic mass is 10.1. The van der Waals surface area contributed by atoms with Crippen LogP contribution in [0.4, 0.5) is 0 Å². The predicted molar refractivity (Wildman–Crippen MR) is 94.6 cm³/mol. The molecule has 1 saturated heterocycles. The Morgan fingerprint density at radius 1 is 0.958 bits per heavy atom. The molecule has 0 aliphatic carbocycles. The molecule has 3 heterocycles. The smallest absolute Gasteiger partial charge is 0.152 e. The van der Waals surface area contributed by atoms with Crippen LogP contribution in [0.15, 0.2) is 55.1 Å². The topological polar surface area (TPSA) is 54.7 Å². The van der Waals surface area contributed by atoms with Gasteiger partial charge in [-0.25, -0.2) is 13.4 Å². The van der Waals surface area contributed by atoms with Crippen LogP contribution in [0.25, 0.3) is 16.6 Å². The fourth-order valence-corrected chi connectivity index (χ4v) is 4.34. The minimum atomic E-state index is -2.81. The number of hydrogen-bond donors (Lipinski definition) is 0. The summed E-state index contributed by atoms with van der Waals surface area (Å²) in [6.45, 7) is 2.05. The van der Waals surface area contributed by atoms with Crippen molar-refractivity contribution in [2.24, 2.45) is 0 Å². The molecule has 0 amide bonds. The Balaban J connectivity index is 1.48. The first kappa shape index (κ1) is 15.4. The van der Waals surface area contributed by atoms with Gasteiger partial charge in [0.25, 0.3) is 0 Å². The van der Waals surface area contributed by atoms with Crippen LogP contribution >= 0.6 is 0 Å². The quantitative estimate of drug-likeness (QED) is 0.733. The number of pyridine rings is 1. The zero-order valence-electron chi connectivity index (χ0n) is 13.3. The van der Waals surface area contributed by atoms with E-state index in [2.05, 4.69) is 52.5 Å². The van der Waals surface area contributed by atoms with E-state index in [0.717, 1.165) is 23.2 Å². The van der Waals surface area contributed by atoms with Crippen molar-refractivity contribution in [3.05, 3.63) is 60.7 Å². The summed E-state index contributed by atoms with van der Waals surface area (Å²) in [4.78, 5) is 6.34. The molecule has 4 rings (SSSR count). The maximum Gasteiger partial charge on any atom is 0.152 e. The van der Waals surface area contributed by atoms with Gasteiger partial charge in [0.1, 0.15) is 0 Å². The number of hydrogen-bond acceptors (Lipinski definition) is 4. The summed E-state index contributed by atoms with van der Waals surface area (Å²) in [6, 6.07) is 12.6. The molecule has 1 aromatic carbocycles. The highest BCUT2D eigenvalue weighted by Crippen LogP contribution is 2.21. The highest BCUT2D eigenvalue weighted by Gasteiger charge is 2.21. The average Bonchev–Trinajstić information content (AvgIpc) is 3.05. The van der Waals surface area contributed by atoms with Gasteiger partial charge in [-0.05, 0) is 22.8 Å². The number of sulfone groups is 1. The van der Waals surface area contributed by atoms with E-state index in [0.29, 0.717) is 13.1 Å². The lowest BCUT2D eigenvalue weighted by Crippen LogP contribution is -2.39. The lowest BCUT2D eigenvalue weighted by Gasteiger charge is -2.26. The van der Waals surface area contributed by atoms with E-state index in [9.17, 15) is 8.42 Å². The molecule has 0 saturated carbocycles. The minimum absolute atomic E-state index is 0.274. The van der Waals surface area contributed by atoms with Crippen molar-refractivity contribution in [1.82, 2.24) is 14.3 Å². The van der Waals surface area contributed by atoms with E-state index in [4.69, 9.17) is 0 Å². The Morgan fingerprint density at radius 3 is 2.42 bits per heavy atom. The molecule has 1 aliphatic rings. The third-order valence-corrected chi connectivity index (χ3v) is 6.15. The van der Waals surface area contributed by atoms with Crippen LogP contribution in [0.2, 0.25) is 0 Å². The maximum absolute atomic E-state index is 11.5. The molecular weight excluding hydrogens is 322 g/mol. The van der Waals surface area contributed by atoms with Crippen molar-refractivity contribution in [2.75, 3.05) is 24.6 Å². The van der Waals surface area contributed by atoms with Crippen molar-refractivity contribution in [3.8, 4) is 11.1 Å². The van der Waals surface area contributed by atoms with Gasteiger partial charge in [-0.2, -0.15) is 0 Å². The van der Waals surface area contributed by atoms with Gasteiger partial charge in [0.15, 0.2) is 9.84 Å². The first-order chi connectivity index (χ1) is 11.6. The SMILES string of the molecule is O=S1(=O)CCN(Cc2ccc(-c3ccc4cncn4c3)cc2)CC1. The summed E-state index contributed by atoms with van der Waals surface area (Å²) in [7, 11) is -2.81. The molecule has 24 heavy (non-hydrogen) atoms. The molecule has 0 bridgehead atoms. The summed E-state index contributed by atoms with van der Waals surface area (Å²) >= 11 is 0. The molecule has 0 spiro atoms. The van der Waals surface area contributed by atoms with Gasteiger partial charge in [-0.3, -0.25) is 4.90 Å². The number of rotatable bonds is 3. The van der Waals surface area contributed by atoms with E-state index in [1.54, 1.807) is 6.33 Å². The van der Waals surface area contributed by atoms with E-state index < -0.39 is 9.84 Å². The summed E-state index contributed by atoms with van der Waals surface area (Å²) in [6.07, 6.45) is 5.72. The molecule has 5 nitrogen and oxygen atoms in total. The van der Waals surface area contributed by atoms with Gasteiger partial charge in [-0.15, -0.1) is 0 Å². The third kappa shape index (κ3) is 3.20. The summed E-state index contributed by atoms with van der Waals surface area (Å²) < 4.78 is 25.0. The Labute approximate surface area is 141 Å². The fraction of sp³-hybridized carbons (Fsp3) is 0.278. The van der Waals surface area contributed by atoms with Crippen LogP contribution in [-0.2, 0) is 16.4 Å². The van der Waals surface area contributed by atoms with Crippen LogP contribution in [0.5, 0.6) is 0 Å². The average molecular weight is 341 g/mol. The van der Waals surface area contributed by atoms with Crippen LogP contribution in [-0.4, -0.2) is 47.3 Å². The highest BCUT2D eigenvalue weighted by atomic mass is 32.2. The largest absolute Gasteiger partial charge is 0.306 e. The Morgan fingerprint density at radius 2 is 1.67 bits per heavy atom. The Hall–Kier alpha value is -2.18. The van der Waals surface area contributed by atoms with Gasteiger partial charge in [0.2, 0.25) is 0 Å². The molecule has 124 valence electrons. The predicted octanol–water partition coefficient (Wildman–Crippen LogP) is 2.23. The maximum atomic E-state index is 11.5. The molecule has 0 N–H and O–H groups in total. The van der Waals surface area contributed by atoms with E-state index in [1.165, 1.54) is 5.56 Å². The number of benzene rings is 1. The molecule has 1 aliphatic heterocycles. The van der Waals surface area contributed by atoms with Crippen LogP contribution in [0.1, 0.15) is 5.56 Å². The molecule has 6 heteroatoms. The van der Waals surface area contributed by atoms with E-state index >= 15 is 0 Å². The fourth-order valence-electron chi connectivity index (χ4n) is 3.06. The summed E-state index contributed by atoms with van der Waals surface area (Å²) in [5.41, 5.74) is 4.60. The molecule has 0 unspecified atom stereocenters. The second kappa shape index (κ2) is 6.03. The first-order valence-corrected chi connectivity index (χ1v) is 9.85. The number of aromatic nitrogens is 2. The second-order valence-corrected chi connectivity index (χ2v) is 8.57. The molecule has 1 fully saturated rings. The zero-order chi connectivity index (χ0) is 16.6. The normalized spacial score (nSPS) is 18.0. The zero-order valence-corrected chi connectivity index (χ0v) is 14.1. The standard InChI is InChI=1S/C18H19N3O2S/c22-24(23)9-7-20(8-10-24)12-15-1-3-16(4-2-15)17-5-6-18-11-19-14-21(18)13-17/h1-6,11,13-14H,7-10,12H2. The summed E-state index contributed by atoms with van der Waals surface area (Å²) in [5.74, 6) is 0.548. The van der Waals surface area contributed by atoms with E-state index in [-0.39, 0.29) is 11.5 Å². The molecule has 0 atom stereocenters. The van der Waals surface area contributed by atoms with Crippen LogP contribution in [0, 0.1) is 0 Å². The molecule has 0 radical (unpaired) electrons. The first-order valence-electron chi connectivity index (χ1n) is 8.03. The monoisotopic (exact) mass is 341 g/mol. The second-order valence-electron chi connectivity index (χ2n) is 6.27. The van der Waals surface area contributed by atoms with Crippen molar-refractivity contribution < 1.29 is 8.42 Å². The lowest BCUT2D eigenvalue weighted by molar-refractivity contribution is 0.287. The van der Waals surface area contributed by atoms with Crippen molar-refractivity contribution in [2.45, 2.75) is 6.54 Å². The molecule has 3 aromatic rings. The van der Waals surface area contributed by atoms with E-state index in [1.807, 2.05) is 10.6 Å². The van der Waals surface area contributed by atoms with Crippen LogP contribution in [0.3, 0.4) is 0 Å². The number of imidazole rings is 1. The van der Waals surface area contributed by atoms with Gasteiger partial charge in [0, 0.05) is 25.8 Å². The van der Waals surface area contributed by atoms with Crippen molar-refractivity contribution in [3.63, 3.8) is 0 Å². The number of nitrogens with zero attached hydrogens (tertiary/aromatic N) is 3. The summed E-state index contributed by atoms with van der Waals surface area (Å²) in [5, 5.41) is 0. The van der Waals surface area contributed by atoms with Crippen LogP contribution < -0.4 is 0 Å². The van der Waals surface area contributed by atoms with Crippen molar-refractivity contribution >= 4 is 15.4 Å². The van der Waals surface area contributed by atoms with Crippen molar-refractivity contribution in [1.29, 1.82) is 0 Å². The molecular formula is C18H19N3O2S. The Bertz CT molecular complexity index is 947. The Kier molecular flexibility index (Phi) is 3.86. The minimum Gasteiger partial charge on any atom is -0.306 e. The van der Waals surface area contributed by atoms with Gasteiger partial charge < -0.3 is 4.40 Å². The van der Waals surface area contributed by atoms with Gasteiger partial charge in [-0.1, -0.05) is 30.3 Å². The third-order valence-electron chi connectivity index (χ3n) is 4.54. The highest BCUT2D eigenvalue weighted by molar-refractivity contribution is 7.91. The van der Waals surface area contributed by atoms with Gasteiger partial charge >= 0.3 is 0 Å².